The number of methoxy groups -OCH3 is 2. The summed E-state index contributed by atoms with van der Waals surface area (Å²) in [6, 6.07) is 3.98. The van der Waals surface area contributed by atoms with Gasteiger partial charge >= 0.3 is 0 Å². The van der Waals surface area contributed by atoms with Gasteiger partial charge in [-0.2, -0.15) is 0 Å². The van der Waals surface area contributed by atoms with Crippen molar-refractivity contribution in [2.45, 2.75) is 12.8 Å². The molecule has 4 heteroatoms. The van der Waals surface area contributed by atoms with Crippen molar-refractivity contribution >= 4 is 0 Å². The van der Waals surface area contributed by atoms with Gasteiger partial charge in [0.05, 0.1) is 20.8 Å². The molecule has 0 bridgehead atoms. The van der Waals surface area contributed by atoms with E-state index < -0.39 is 0 Å². The molecule has 0 amide bonds. The van der Waals surface area contributed by atoms with Crippen molar-refractivity contribution in [2.75, 3.05) is 33.9 Å². The molecule has 1 aromatic carbocycles. The smallest absolute Gasteiger partial charge is 0.164 e. The molecule has 1 aromatic rings. The number of nitrogens with one attached hydrogen (secondary N) is 1. The summed E-state index contributed by atoms with van der Waals surface area (Å²) in [5, 5.41) is 11.9. The third-order valence-electron chi connectivity index (χ3n) is 2.95. The molecule has 0 spiro atoms. The molecule has 1 rings (SSSR count). The third-order valence-corrected chi connectivity index (χ3v) is 2.95. The van der Waals surface area contributed by atoms with Crippen LogP contribution < -0.4 is 14.8 Å². The fraction of sp³-hybridized carbons (Fsp3) is 0.467. The number of hydrogen-bond acceptors (Lipinski definition) is 4. The quantitative estimate of drug-likeness (QED) is 0.525. The summed E-state index contributed by atoms with van der Waals surface area (Å²) in [4.78, 5) is 0. The Morgan fingerprint density at radius 2 is 2.05 bits per heavy atom. The second-order valence-corrected chi connectivity index (χ2v) is 4.16. The SMILES string of the molecule is C=CCc1c(CCNCCO)ccc(OC)c1OC. The van der Waals surface area contributed by atoms with Crippen molar-refractivity contribution in [1.82, 2.24) is 5.32 Å². The molecule has 0 aromatic heterocycles. The Balaban J connectivity index is 2.92. The molecule has 0 atom stereocenters. The highest BCUT2D eigenvalue weighted by Gasteiger charge is 2.13. The Kier molecular flexibility index (Phi) is 7.00. The van der Waals surface area contributed by atoms with Gasteiger partial charge in [0.2, 0.25) is 0 Å². The molecule has 0 unspecified atom stereocenters. The van der Waals surface area contributed by atoms with Crippen molar-refractivity contribution in [2.24, 2.45) is 0 Å². The van der Waals surface area contributed by atoms with E-state index in [0.717, 1.165) is 36.4 Å². The molecule has 2 N–H and O–H groups in total. The van der Waals surface area contributed by atoms with E-state index in [2.05, 4.69) is 18.0 Å². The van der Waals surface area contributed by atoms with E-state index in [1.807, 2.05) is 12.1 Å². The van der Waals surface area contributed by atoms with Crippen LogP contribution in [0.1, 0.15) is 11.1 Å². The van der Waals surface area contributed by atoms with Gasteiger partial charge in [-0.05, 0) is 31.0 Å². The van der Waals surface area contributed by atoms with Crippen LogP contribution in [0.5, 0.6) is 11.5 Å². The van der Waals surface area contributed by atoms with Crippen LogP contribution >= 0.6 is 0 Å². The van der Waals surface area contributed by atoms with E-state index in [1.165, 1.54) is 5.56 Å². The summed E-state index contributed by atoms with van der Waals surface area (Å²) < 4.78 is 10.8. The first-order valence-electron chi connectivity index (χ1n) is 6.43. The lowest BCUT2D eigenvalue weighted by Crippen LogP contribution is -2.21. The largest absolute Gasteiger partial charge is 0.493 e. The molecule has 0 saturated heterocycles. The molecule has 0 radical (unpaired) electrons. The van der Waals surface area contributed by atoms with Crippen molar-refractivity contribution in [3.8, 4) is 11.5 Å². The van der Waals surface area contributed by atoms with Gasteiger partial charge in [-0.1, -0.05) is 12.1 Å². The molecular weight excluding hydrogens is 242 g/mol. The third kappa shape index (κ3) is 4.26. The number of aliphatic hydroxyl groups is 1. The Bertz CT molecular complexity index is 405. The highest BCUT2D eigenvalue weighted by atomic mass is 16.5. The van der Waals surface area contributed by atoms with Gasteiger partial charge in [-0.25, -0.2) is 0 Å². The lowest BCUT2D eigenvalue weighted by atomic mass is 10.00. The maximum Gasteiger partial charge on any atom is 0.164 e. The zero-order chi connectivity index (χ0) is 14.1. The Hall–Kier alpha value is -1.52. The first kappa shape index (κ1) is 15.5. The minimum Gasteiger partial charge on any atom is -0.493 e. The number of rotatable bonds is 9. The summed E-state index contributed by atoms with van der Waals surface area (Å²) in [5.74, 6) is 1.52. The normalized spacial score (nSPS) is 10.3. The molecule has 0 aliphatic heterocycles. The summed E-state index contributed by atoms with van der Waals surface area (Å²) in [5.41, 5.74) is 2.32. The van der Waals surface area contributed by atoms with Crippen LogP contribution in [-0.2, 0) is 12.8 Å². The van der Waals surface area contributed by atoms with Crippen LogP contribution in [0.25, 0.3) is 0 Å². The van der Waals surface area contributed by atoms with Gasteiger partial charge in [-0.15, -0.1) is 6.58 Å². The molecular formula is C15H23NO3. The van der Waals surface area contributed by atoms with Gasteiger partial charge in [0.15, 0.2) is 11.5 Å². The Labute approximate surface area is 115 Å². The van der Waals surface area contributed by atoms with Crippen LogP contribution in [0.15, 0.2) is 24.8 Å². The monoisotopic (exact) mass is 265 g/mol. The topological polar surface area (TPSA) is 50.7 Å². The average molecular weight is 265 g/mol. The zero-order valence-electron chi connectivity index (χ0n) is 11.7. The maximum absolute atomic E-state index is 8.74. The van der Waals surface area contributed by atoms with E-state index in [1.54, 1.807) is 14.2 Å². The van der Waals surface area contributed by atoms with Crippen LogP contribution in [0.3, 0.4) is 0 Å². The van der Waals surface area contributed by atoms with Gasteiger partial charge < -0.3 is 19.9 Å². The van der Waals surface area contributed by atoms with E-state index in [0.29, 0.717) is 6.54 Å². The Morgan fingerprint density at radius 3 is 2.63 bits per heavy atom. The van der Waals surface area contributed by atoms with Gasteiger partial charge in [0.1, 0.15) is 0 Å². The van der Waals surface area contributed by atoms with Gasteiger partial charge in [0.25, 0.3) is 0 Å². The summed E-state index contributed by atoms with van der Waals surface area (Å²) in [6.45, 7) is 5.39. The Morgan fingerprint density at radius 1 is 1.26 bits per heavy atom. The molecule has 19 heavy (non-hydrogen) atoms. The summed E-state index contributed by atoms with van der Waals surface area (Å²) >= 11 is 0. The number of benzene rings is 1. The van der Waals surface area contributed by atoms with Gasteiger partial charge in [0, 0.05) is 12.1 Å². The number of aliphatic hydroxyl groups excluding tert-OH is 1. The average Bonchev–Trinajstić information content (AvgIpc) is 2.44. The zero-order valence-corrected chi connectivity index (χ0v) is 11.7. The fourth-order valence-corrected chi connectivity index (χ4v) is 2.06. The summed E-state index contributed by atoms with van der Waals surface area (Å²) in [7, 11) is 3.29. The van der Waals surface area contributed by atoms with Crippen molar-refractivity contribution in [3.05, 3.63) is 35.9 Å². The lowest BCUT2D eigenvalue weighted by molar-refractivity contribution is 0.292. The first-order chi connectivity index (χ1) is 9.28. The first-order valence-corrected chi connectivity index (χ1v) is 6.43. The van der Waals surface area contributed by atoms with Crippen LogP contribution in [-0.4, -0.2) is 39.0 Å². The molecule has 0 fully saturated rings. The second kappa shape index (κ2) is 8.56. The standard InChI is InChI=1S/C15H23NO3/c1-4-5-13-12(8-9-16-10-11-17)6-7-14(18-2)15(13)19-3/h4,6-7,16-17H,1,5,8-11H2,2-3H3. The highest BCUT2D eigenvalue weighted by molar-refractivity contribution is 5.51. The molecule has 106 valence electrons. The van der Waals surface area contributed by atoms with Crippen molar-refractivity contribution in [1.29, 1.82) is 0 Å². The maximum atomic E-state index is 8.74. The number of hydrogen-bond donors (Lipinski definition) is 2. The van der Waals surface area contributed by atoms with Crippen LogP contribution in [0.2, 0.25) is 0 Å². The van der Waals surface area contributed by atoms with Crippen molar-refractivity contribution in [3.63, 3.8) is 0 Å². The fourth-order valence-electron chi connectivity index (χ4n) is 2.06. The van der Waals surface area contributed by atoms with Gasteiger partial charge in [-0.3, -0.25) is 0 Å². The van der Waals surface area contributed by atoms with E-state index in [-0.39, 0.29) is 6.61 Å². The van der Waals surface area contributed by atoms with E-state index in [9.17, 15) is 0 Å². The van der Waals surface area contributed by atoms with Crippen molar-refractivity contribution < 1.29 is 14.6 Å². The predicted octanol–water partition coefficient (Wildman–Crippen LogP) is 1.56. The molecule has 0 aliphatic carbocycles. The minimum atomic E-state index is 0.158. The summed E-state index contributed by atoms with van der Waals surface area (Å²) in [6.07, 6.45) is 3.49. The predicted molar refractivity (Wildman–Crippen MR) is 77.1 cm³/mol. The second-order valence-electron chi connectivity index (χ2n) is 4.16. The lowest BCUT2D eigenvalue weighted by Gasteiger charge is -2.16. The van der Waals surface area contributed by atoms with E-state index in [4.69, 9.17) is 14.6 Å². The molecule has 0 aliphatic rings. The minimum absolute atomic E-state index is 0.158. The van der Waals surface area contributed by atoms with E-state index >= 15 is 0 Å². The van der Waals surface area contributed by atoms with Crippen LogP contribution in [0.4, 0.5) is 0 Å². The molecule has 4 nitrogen and oxygen atoms in total. The van der Waals surface area contributed by atoms with Crippen LogP contribution in [0, 0.1) is 0 Å². The number of allylic oxidation sites excluding steroid dienone is 1. The number of ether oxygens (including phenoxy) is 2. The molecule has 0 saturated carbocycles. The molecule has 0 heterocycles. The highest BCUT2D eigenvalue weighted by Crippen LogP contribution is 2.34.